The lowest BCUT2D eigenvalue weighted by Gasteiger charge is -2.31. The molecule has 7 nitrogen and oxygen atoms in total. The molecule has 0 atom stereocenters. The average Bonchev–Trinajstić information content (AvgIpc) is 2.74. The number of amides is 3. The van der Waals surface area contributed by atoms with Gasteiger partial charge < -0.3 is 10.6 Å². The SMILES string of the molecule is C=C(F)/C(=C(\C)F)N1C(=O)NCc2c(-c3cc(C(=O)NC(C)C)ccc3C)nc(CC)nc21. The number of hydrogen-bond donors (Lipinski definition) is 2. The van der Waals surface area contributed by atoms with Gasteiger partial charge in [-0.05, 0) is 45.4 Å². The first kappa shape index (κ1) is 24.0. The standard InChI is InChI=1S/C24H27F2N5O2/c1-7-19-29-20(17-10-16(9-8-13(17)4)23(32)28-12(2)3)18-11-27-24(33)31(22(18)30-19)21(14(5)25)15(6)26/h8-10,12H,5,7,11H2,1-4,6H3,(H,27,33)(H,28,32)/b21-15-. The molecule has 2 N–H and O–H groups in total. The number of nitrogens with one attached hydrogen (secondary N) is 2. The van der Waals surface area contributed by atoms with Crippen LogP contribution in [-0.4, -0.2) is 27.9 Å². The van der Waals surface area contributed by atoms with Crippen molar-refractivity contribution in [1.29, 1.82) is 0 Å². The van der Waals surface area contributed by atoms with Gasteiger partial charge >= 0.3 is 6.03 Å². The topological polar surface area (TPSA) is 87.2 Å². The van der Waals surface area contributed by atoms with E-state index < -0.39 is 23.4 Å². The molecule has 0 radical (unpaired) electrons. The van der Waals surface area contributed by atoms with Crippen LogP contribution < -0.4 is 15.5 Å². The molecule has 0 fully saturated rings. The quantitative estimate of drug-likeness (QED) is 0.609. The third-order valence-corrected chi connectivity index (χ3v) is 5.16. The molecule has 3 rings (SSSR count). The molecule has 0 aliphatic carbocycles. The van der Waals surface area contributed by atoms with Gasteiger partial charge in [0.15, 0.2) is 5.82 Å². The highest BCUT2D eigenvalue weighted by molar-refractivity contribution is 5.99. The second kappa shape index (κ2) is 9.48. The number of rotatable bonds is 6. The maximum Gasteiger partial charge on any atom is 0.328 e. The van der Waals surface area contributed by atoms with Crippen LogP contribution in [0.25, 0.3) is 11.3 Å². The number of carbonyl (C=O) groups is 2. The smallest absolute Gasteiger partial charge is 0.328 e. The van der Waals surface area contributed by atoms with Crippen LogP contribution >= 0.6 is 0 Å². The molecule has 0 spiro atoms. The zero-order valence-electron chi connectivity index (χ0n) is 19.3. The van der Waals surface area contributed by atoms with Crippen LogP contribution in [0.2, 0.25) is 0 Å². The molecule has 0 bridgehead atoms. The Morgan fingerprint density at radius 1 is 1.30 bits per heavy atom. The molecule has 0 saturated carbocycles. The van der Waals surface area contributed by atoms with Crippen molar-refractivity contribution in [1.82, 2.24) is 20.6 Å². The first-order valence-corrected chi connectivity index (χ1v) is 10.7. The summed E-state index contributed by atoms with van der Waals surface area (Å²) in [7, 11) is 0. The van der Waals surface area contributed by atoms with Crippen LogP contribution in [0.1, 0.15) is 55.0 Å². The summed E-state index contributed by atoms with van der Waals surface area (Å²) in [4.78, 5) is 35.2. The summed E-state index contributed by atoms with van der Waals surface area (Å²) in [6, 6.07) is 4.50. The lowest BCUT2D eigenvalue weighted by molar-refractivity contribution is 0.0943. The van der Waals surface area contributed by atoms with Crippen LogP contribution in [0.4, 0.5) is 19.4 Å². The number of fused-ring (bicyclic) bond motifs is 1. The molecule has 1 aliphatic rings. The number of carbonyl (C=O) groups excluding carboxylic acids is 2. The number of nitrogens with zero attached hydrogens (tertiary/aromatic N) is 3. The highest BCUT2D eigenvalue weighted by Gasteiger charge is 2.34. The number of benzene rings is 1. The molecule has 2 aromatic rings. The number of allylic oxidation sites excluding steroid dienone is 2. The number of halogens is 2. The van der Waals surface area contributed by atoms with Crippen molar-refractivity contribution in [3.8, 4) is 11.3 Å². The first-order chi connectivity index (χ1) is 15.5. The number of urea groups is 1. The highest BCUT2D eigenvalue weighted by Crippen LogP contribution is 2.37. The van der Waals surface area contributed by atoms with Crippen molar-refractivity contribution in [3.05, 3.63) is 64.6 Å². The zero-order valence-corrected chi connectivity index (χ0v) is 19.3. The van der Waals surface area contributed by atoms with E-state index >= 15 is 0 Å². The third kappa shape index (κ3) is 4.76. The van der Waals surface area contributed by atoms with Crippen molar-refractivity contribution in [2.75, 3.05) is 4.90 Å². The Morgan fingerprint density at radius 3 is 2.58 bits per heavy atom. The van der Waals surface area contributed by atoms with Gasteiger partial charge in [-0.1, -0.05) is 19.6 Å². The van der Waals surface area contributed by atoms with Crippen LogP contribution in [-0.2, 0) is 13.0 Å². The maximum absolute atomic E-state index is 14.3. The van der Waals surface area contributed by atoms with Gasteiger partial charge in [0, 0.05) is 29.2 Å². The summed E-state index contributed by atoms with van der Waals surface area (Å²) in [6.07, 6.45) is 0.423. The van der Waals surface area contributed by atoms with Crippen LogP contribution in [0.3, 0.4) is 0 Å². The average molecular weight is 456 g/mol. The van der Waals surface area contributed by atoms with E-state index in [0.29, 0.717) is 34.6 Å². The Labute approximate surface area is 191 Å². The summed E-state index contributed by atoms with van der Waals surface area (Å²) < 4.78 is 28.4. The summed E-state index contributed by atoms with van der Waals surface area (Å²) in [6.45, 7) is 11.7. The van der Waals surface area contributed by atoms with Crippen molar-refractivity contribution in [2.24, 2.45) is 0 Å². The van der Waals surface area contributed by atoms with Gasteiger partial charge in [-0.2, -0.15) is 0 Å². The van der Waals surface area contributed by atoms with Gasteiger partial charge in [0.2, 0.25) is 0 Å². The summed E-state index contributed by atoms with van der Waals surface area (Å²) in [5.41, 5.74) is 2.33. The Bertz CT molecular complexity index is 1170. The van der Waals surface area contributed by atoms with E-state index in [9.17, 15) is 18.4 Å². The molecular weight excluding hydrogens is 428 g/mol. The fraction of sp³-hybridized carbons (Fsp3) is 0.333. The molecule has 2 heterocycles. The second-order valence-corrected chi connectivity index (χ2v) is 8.08. The fourth-order valence-corrected chi connectivity index (χ4v) is 3.62. The van der Waals surface area contributed by atoms with Gasteiger partial charge in [-0.15, -0.1) is 0 Å². The van der Waals surface area contributed by atoms with E-state index in [1.807, 2.05) is 33.8 Å². The summed E-state index contributed by atoms with van der Waals surface area (Å²) in [5.74, 6) is -1.76. The minimum absolute atomic E-state index is 0.0347. The molecule has 1 aromatic carbocycles. The number of hydrogen-bond acceptors (Lipinski definition) is 4. The molecule has 174 valence electrons. The molecule has 0 unspecified atom stereocenters. The number of aryl methyl sites for hydroxylation is 2. The number of aromatic nitrogens is 2. The van der Waals surface area contributed by atoms with Gasteiger partial charge in [-0.3, -0.25) is 4.79 Å². The highest BCUT2D eigenvalue weighted by atomic mass is 19.1. The van der Waals surface area contributed by atoms with Crippen molar-refractivity contribution in [3.63, 3.8) is 0 Å². The van der Waals surface area contributed by atoms with Gasteiger partial charge in [0.1, 0.15) is 23.2 Å². The summed E-state index contributed by atoms with van der Waals surface area (Å²) in [5, 5.41) is 5.49. The molecule has 1 aliphatic heterocycles. The molecule has 1 aromatic heterocycles. The molecular formula is C24H27F2N5O2. The Morgan fingerprint density at radius 2 is 2.00 bits per heavy atom. The fourth-order valence-electron chi connectivity index (χ4n) is 3.62. The van der Waals surface area contributed by atoms with Crippen LogP contribution in [0.5, 0.6) is 0 Å². The predicted molar refractivity (Wildman–Crippen MR) is 123 cm³/mol. The first-order valence-electron chi connectivity index (χ1n) is 10.7. The Balaban J connectivity index is 2.27. The molecule has 0 saturated heterocycles. The monoisotopic (exact) mass is 455 g/mol. The van der Waals surface area contributed by atoms with Crippen molar-refractivity contribution < 1.29 is 18.4 Å². The Kier molecular flexibility index (Phi) is 6.90. The van der Waals surface area contributed by atoms with Crippen LogP contribution in [0, 0.1) is 6.92 Å². The van der Waals surface area contributed by atoms with E-state index in [1.54, 1.807) is 12.1 Å². The van der Waals surface area contributed by atoms with E-state index in [0.717, 1.165) is 17.4 Å². The molecule has 3 amide bonds. The third-order valence-electron chi connectivity index (χ3n) is 5.16. The molecule has 33 heavy (non-hydrogen) atoms. The Hall–Kier alpha value is -3.62. The van der Waals surface area contributed by atoms with Gasteiger partial charge in [0.25, 0.3) is 5.91 Å². The van der Waals surface area contributed by atoms with Crippen molar-refractivity contribution in [2.45, 2.75) is 53.6 Å². The van der Waals surface area contributed by atoms with E-state index in [-0.39, 0.29) is 24.3 Å². The lowest BCUT2D eigenvalue weighted by atomic mass is 9.97. The normalized spacial score (nSPS) is 13.9. The lowest BCUT2D eigenvalue weighted by Crippen LogP contribution is -2.45. The zero-order chi connectivity index (χ0) is 24.4. The maximum atomic E-state index is 14.3. The summed E-state index contributed by atoms with van der Waals surface area (Å²) >= 11 is 0. The minimum atomic E-state index is -1.10. The van der Waals surface area contributed by atoms with Crippen molar-refractivity contribution >= 4 is 17.8 Å². The predicted octanol–water partition coefficient (Wildman–Crippen LogP) is 4.87. The molecule has 9 heteroatoms. The second-order valence-electron chi connectivity index (χ2n) is 8.08. The van der Waals surface area contributed by atoms with E-state index in [1.165, 1.54) is 0 Å². The van der Waals surface area contributed by atoms with Gasteiger partial charge in [-0.25, -0.2) is 28.4 Å². The largest absolute Gasteiger partial charge is 0.350 e. The minimum Gasteiger partial charge on any atom is -0.350 e. The van der Waals surface area contributed by atoms with Gasteiger partial charge in [0.05, 0.1) is 12.2 Å². The number of anilines is 1. The van der Waals surface area contributed by atoms with Crippen LogP contribution in [0.15, 0.2) is 42.1 Å². The van der Waals surface area contributed by atoms with E-state index in [2.05, 4.69) is 27.2 Å². The van der Waals surface area contributed by atoms with E-state index in [4.69, 9.17) is 0 Å².